The fraction of sp³-hybridized carbons (Fsp3) is 0.500. The van der Waals surface area contributed by atoms with Gasteiger partial charge in [-0.2, -0.15) is 0 Å². The molecule has 1 fully saturated rings. The minimum Gasteiger partial charge on any atom is -0.493 e. The van der Waals surface area contributed by atoms with Crippen molar-refractivity contribution in [3.05, 3.63) is 41.5 Å². The molecular formula is C28H34O7. The van der Waals surface area contributed by atoms with E-state index in [1.165, 1.54) is 12.8 Å². The largest absolute Gasteiger partial charge is 0.493 e. The van der Waals surface area contributed by atoms with E-state index in [-0.39, 0.29) is 31.3 Å². The van der Waals surface area contributed by atoms with E-state index < -0.39 is 5.41 Å². The molecule has 2 aromatic rings. The number of hydrogen-bond acceptors (Lipinski definition) is 7. The highest BCUT2D eigenvalue weighted by atomic mass is 16.6. The zero-order chi connectivity index (χ0) is 25.0. The molecule has 0 radical (unpaired) electrons. The topological polar surface area (TPSA) is 80.3 Å². The predicted octanol–water partition coefficient (Wildman–Crippen LogP) is 5.71. The molecule has 7 nitrogen and oxygen atoms in total. The fourth-order valence-corrected chi connectivity index (χ4v) is 4.55. The third-order valence-corrected chi connectivity index (χ3v) is 6.70. The van der Waals surface area contributed by atoms with Crippen LogP contribution in [0.5, 0.6) is 17.2 Å². The summed E-state index contributed by atoms with van der Waals surface area (Å²) in [7, 11) is 3.11. The molecule has 0 spiro atoms. The molecule has 1 heterocycles. The lowest BCUT2D eigenvalue weighted by molar-refractivity contribution is -0.161. The van der Waals surface area contributed by atoms with E-state index in [4.69, 9.17) is 23.7 Å². The molecule has 7 heteroatoms. The van der Waals surface area contributed by atoms with E-state index >= 15 is 0 Å². The van der Waals surface area contributed by atoms with E-state index in [1.807, 2.05) is 32.0 Å². The van der Waals surface area contributed by atoms with Crippen molar-refractivity contribution in [1.82, 2.24) is 0 Å². The molecule has 2 aliphatic rings. The van der Waals surface area contributed by atoms with Gasteiger partial charge in [0.05, 0.1) is 25.2 Å². The van der Waals surface area contributed by atoms with Crippen molar-refractivity contribution in [2.24, 2.45) is 5.41 Å². The Hall–Kier alpha value is -3.22. The highest BCUT2D eigenvalue weighted by Gasteiger charge is 2.34. The van der Waals surface area contributed by atoms with Crippen LogP contribution in [0.2, 0.25) is 0 Å². The first-order valence-corrected chi connectivity index (χ1v) is 12.2. The zero-order valence-corrected chi connectivity index (χ0v) is 21.0. The molecule has 2 aromatic carbocycles. The van der Waals surface area contributed by atoms with Crippen LogP contribution in [0.25, 0.3) is 11.1 Å². The van der Waals surface area contributed by atoms with Crippen LogP contribution < -0.4 is 14.2 Å². The maximum atomic E-state index is 13.1. The lowest BCUT2D eigenvalue weighted by Gasteiger charge is -2.27. The van der Waals surface area contributed by atoms with Crippen molar-refractivity contribution in [2.45, 2.75) is 65.1 Å². The van der Waals surface area contributed by atoms with Gasteiger partial charge in [-0.1, -0.05) is 18.9 Å². The number of methoxy groups -OCH3 is 2. The molecule has 4 rings (SSSR count). The minimum atomic E-state index is -0.865. The van der Waals surface area contributed by atoms with Crippen molar-refractivity contribution in [3.8, 4) is 28.4 Å². The summed E-state index contributed by atoms with van der Waals surface area (Å²) >= 11 is 0. The Balaban J connectivity index is 1.59. The SMILES string of the molecule is COc1ccc(-c2ccc3c(c2)COC3=O)c(OCC(C)(C)C(=O)OC2CCCCCC2)c1OC. The second-order valence-electron chi connectivity index (χ2n) is 9.82. The van der Waals surface area contributed by atoms with E-state index in [0.29, 0.717) is 22.8 Å². The highest BCUT2D eigenvalue weighted by Crippen LogP contribution is 2.45. The van der Waals surface area contributed by atoms with Crippen LogP contribution in [-0.4, -0.2) is 38.9 Å². The van der Waals surface area contributed by atoms with Crippen molar-refractivity contribution >= 4 is 11.9 Å². The van der Waals surface area contributed by atoms with Gasteiger partial charge in [-0.3, -0.25) is 4.79 Å². The van der Waals surface area contributed by atoms with Gasteiger partial charge in [0.1, 0.15) is 19.3 Å². The van der Waals surface area contributed by atoms with Gasteiger partial charge in [0.2, 0.25) is 5.75 Å². The van der Waals surface area contributed by atoms with Crippen LogP contribution in [0.15, 0.2) is 30.3 Å². The molecule has 35 heavy (non-hydrogen) atoms. The first kappa shape index (κ1) is 24.9. The number of cyclic esters (lactones) is 1. The van der Waals surface area contributed by atoms with Gasteiger partial charge in [0.25, 0.3) is 0 Å². The standard InChI is InChI=1S/C28H34O7/c1-28(2,27(30)35-20-9-7-5-6-8-10-20)17-34-24-21(13-14-23(31-3)25(24)32-4)18-11-12-22-19(15-18)16-33-26(22)29/h11-15,20H,5-10,16-17H2,1-4H3. The number of rotatable bonds is 8. The molecule has 1 aliphatic carbocycles. The summed E-state index contributed by atoms with van der Waals surface area (Å²) in [6.45, 7) is 4.00. The second kappa shape index (κ2) is 10.6. The summed E-state index contributed by atoms with van der Waals surface area (Å²) in [6, 6.07) is 9.22. The van der Waals surface area contributed by atoms with Gasteiger partial charge in [0, 0.05) is 11.1 Å². The number of benzene rings is 2. The Labute approximate surface area is 206 Å². The summed E-state index contributed by atoms with van der Waals surface area (Å²) in [4.78, 5) is 24.9. The average Bonchev–Trinajstić information content (AvgIpc) is 3.04. The normalized spacial score (nSPS) is 16.2. The van der Waals surface area contributed by atoms with Gasteiger partial charge in [-0.05, 0) is 69.4 Å². The molecule has 0 N–H and O–H groups in total. The summed E-state index contributed by atoms with van der Waals surface area (Å²) in [6.07, 6.45) is 6.39. The minimum absolute atomic E-state index is 0.0254. The van der Waals surface area contributed by atoms with Crippen molar-refractivity contribution in [1.29, 1.82) is 0 Å². The lowest BCUT2D eigenvalue weighted by Crippen LogP contribution is -2.35. The highest BCUT2D eigenvalue weighted by molar-refractivity contribution is 5.94. The Morgan fingerprint density at radius 2 is 1.69 bits per heavy atom. The predicted molar refractivity (Wildman–Crippen MR) is 131 cm³/mol. The summed E-state index contributed by atoms with van der Waals surface area (Å²) < 4.78 is 28.5. The van der Waals surface area contributed by atoms with Crippen molar-refractivity contribution < 1.29 is 33.3 Å². The molecule has 0 unspecified atom stereocenters. The van der Waals surface area contributed by atoms with Gasteiger partial charge < -0.3 is 23.7 Å². The van der Waals surface area contributed by atoms with Gasteiger partial charge in [-0.15, -0.1) is 0 Å². The number of carbonyl (C=O) groups is 2. The fourth-order valence-electron chi connectivity index (χ4n) is 4.55. The second-order valence-corrected chi connectivity index (χ2v) is 9.82. The number of esters is 2. The summed E-state index contributed by atoms with van der Waals surface area (Å²) in [5.74, 6) is 0.841. The van der Waals surface area contributed by atoms with Crippen LogP contribution in [0.3, 0.4) is 0 Å². The third kappa shape index (κ3) is 5.39. The van der Waals surface area contributed by atoms with Crippen LogP contribution in [0, 0.1) is 5.41 Å². The molecule has 0 bridgehead atoms. The molecule has 188 valence electrons. The Kier molecular flexibility index (Phi) is 7.53. The Morgan fingerprint density at radius 3 is 2.37 bits per heavy atom. The molecule has 0 saturated heterocycles. The first-order valence-electron chi connectivity index (χ1n) is 12.2. The smallest absolute Gasteiger partial charge is 0.338 e. The molecular weight excluding hydrogens is 448 g/mol. The number of fused-ring (bicyclic) bond motifs is 1. The van der Waals surface area contributed by atoms with E-state index in [2.05, 4.69) is 0 Å². The van der Waals surface area contributed by atoms with Crippen LogP contribution in [0.1, 0.15) is 68.3 Å². The molecule has 0 atom stereocenters. The monoisotopic (exact) mass is 482 g/mol. The van der Waals surface area contributed by atoms with E-state index in [1.54, 1.807) is 26.4 Å². The number of hydrogen-bond donors (Lipinski definition) is 0. The van der Waals surface area contributed by atoms with Crippen molar-refractivity contribution in [2.75, 3.05) is 20.8 Å². The average molecular weight is 483 g/mol. The molecule has 0 amide bonds. The summed E-state index contributed by atoms with van der Waals surface area (Å²) in [5, 5.41) is 0. The van der Waals surface area contributed by atoms with Gasteiger partial charge in [-0.25, -0.2) is 4.79 Å². The van der Waals surface area contributed by atoms with Crippen LogP contribution in [0.4, 0.5) is 0 Å². The van der Waals surface area contributed by atoms with Crippen LogP contribution >= 0.6 is 0 Å². The lowest BCUT2D eigenvalue weighted by atomic mass is 9.94. The van der Waals surface area contributed by atoms with E-state index in [0.717, 1.165) is 42.4 Å². The van der Waals surface area contributed by atoms with Gasteiger partial charge >= 0.3 is 11.9 Å². The first-order chi connectivity index (χ1) is 16.8. The Morgan fingerprint density at radius 1 is 0.971 bits per heavy atom. The number of ether oxygens (including phenoxy) is 5. The molecule has 0 aromatic heterocycles. The van der Waals surface area contributed by atoms with E-state index in [9.17, 15) is 9.59 Å². The Bertz CT molecular complexity index is 1080. The molecule has 1 saturated carbocycles. The van der Waals surface area contributed by atoms with Crippen LogP contribution in [-0.2, 0) is 20.9 Å². The maximum Gasteiger partial charge on any atom is 0.338 e. The van der Waals surface area contributed by atoms with Crippen molar-refractivity contribution in [3.63, 3.8) is 0 Å². The summed E-state index contributed by atoms with van der Waals surface area (Å²) in [5.41, 5.74) is 2.13. The molecule has 1 aliphatic heterocycles. The number of carbonyl (C=O) groups excluding carboxylic acids is 2. The van der Waals surface area contributed by atoms with Gasteiger partial charge in [0.15, 0.2) is 11.5 Å². The quantitative estimate of drug-likeness (QED) is 0.352. The third-order valence-electron chi connectivity index (χ3n) is 6.70. The zero-order valence-electron chi connectivity index (χ0n) is 21.0. The maximum absolute atomic E-state index is 13.1.